The maximum Gasteiger partial charge on any atom is 0.260 e. The molecule has 1 amide bonds. The molecule has 2 aromatic carbocycles. The molecule has 1 atom stereocenters. The summed E-state index contributed by atoms with van der Waals surface area (Å²) < 4.78 is 18.3. The number of carbonyl (C=O) groups is 1. The molecule has 2 rings (SSSR count). The average Bonchev–Trinajstić information content (AvgIpc) is 2.58. The van der Waals surface area contributed by atoms with Gasteiger partial charge >= 0.3 is 0 Å². The number of carbonyl (C=O) groups excluding carboxylic acids is 1. The van der Waals surface area contributed by atoms with E-state index >= 15 is 0 Å². The molecule has 0 bridgehead atoms. The largest absolute Gasteiger partial charge is 0.481 e. The first-order valence-corrected chi connectivity index (χ1v) is 9.59. The molecule has 25 heavy (non-hydrogen) atoms. The summed E-state index contributed by atoms with van der Waals surface area (Å²) in [6.45, 7) is 2.15. The van der Waals surface area contributed by atoms with Crippen LogP contribution in [0, 0.1) is 5.82 Å². The average molecular weight is 402 g/mol. The van der Waals surface area contributed by atoms with Crippen molar-refractivity contribution in [2.45, 2.75) is 18.8 Å². The predicted octanol–water partition coefficient (Wildman–Crippen LogP) is 4.95. The van der Waals surface area contributed by atoms with E-state index in [2.05, 4.69) is 5.32 Å². The van der Waals surface area contributed by atoms with E-state index in [-0.39, 0.29) is 11.7 Å². The SMILES string of the molecule is CC(Oc1ccc(F)cc1)C(=O)NCCSCc1c(Cl)cccc1Cl. The van der Waals surface area contributed by atoms with E-state index in [0.29, 0.717) is 28.1 Å². The van der Waals surface area contributed by atoms with E-state index in [1.54, 1.807) is 30.8 Å². The minimum Gasteiger partial charge on any atom is -0.481 e. The highest BCUT2D eigenvalue weighted by molar-refractivity contribution is 7.98. The number of halogens is 3. The van der Waals surface area contributed by atoms with Crippen molar-refractivity contribution in [3.8, 4) is 5.75 Å². The van der Waals surface area contributed by atoms with Gasteiger partial charge < -0.3 is 10.1 Å². The van der Waals surface area contributed by atoms with Gasteiger partial charge in [-0.3, -0.25) is 4.79 Å². The third kappa shape index (κ3) is 6.42. The van der Waals surface area contributed by atoms with Crippen LogP contribution in [0.25, 0.3) is 0 Å². The second-order valence-electron chi connectivity index (χ2n) is 5.26. The number of rotatable bonds is 8. The number of hydrogen-bond donors (Lipinski definition) is 1. The Hall–Kier alpha value is -1.43. The lowest BCUT2D eigenvalue weighted by molar-refractivity contribution is -0.127. The van der Waals surface area contributed by atoms with Crippen molar-refractivity contribution in [3.05, 3.63) is 63.9 Å². The van der Waals surface area contributed by atoms with Gasteiger partial charge in [-0.25, -0.2) is 4.39 Å². The summed E-state index contributed by atoms with van der Waals surface area (Å²) in [5.41, 5.74) is 0.898. The smallest absolute Gasteiger partial charge is 0.260 e. The van der Waals surface area contributed by atoms with E-state index < -0.39 is 6.10 Å². The normalized spacial score (nSPS) is 11.8. The molecule has 0 heterocycles. The fourth-order valence-electron chi connectivity index (χ4n) is 2.01. The van der Waals surface area contributed by atoms with E-state index in [9.17, 15) is 9.18 Å². The van der Waals surface area contributed by atoms with Crippen LogP contribution in [-0.4, -0.2) is 24.3 Å². The summed E-state index contributed by atoms with van der Waals surface area (Å²) in [6.07, 6.45) is -0.659. The number of nitrogens with one attached hydrogen (secondary N) is 1. The summed E-state index contributed by atoms with van der Waals surface area (Å²) in [6, 6.07) is 11.0. The lowest BCUT2D eigenvalue weighted by atomic mass is 10.2. The van der Waals surface area contributed by atoms with Crippen LogP contribution in [0.1, 0.15) is 12.5 Å². The van der Waals surface area contributed by atoms with Crippen LogP contribution >= 0.6 is 35.0 Å². The number of benzene rings is 2. The first-order valence-electron chi connectivity index (χ1n) is 7.68. The van der Waals surface area contributed by atoms with Crippen molar-refractivity contribution in [3.63, 3.8) is 0 Å². The van der Waals surface area contributed by atoms with Gasteiger partial charge in [0.05, 0.1) is 0 Å². The first kappa shape index (κ1) is 19.9. The number of ether oxygens (including phenoxy) is 1. The Morgan fingerprint density at radius 1 is 1.20 bits per heavy atom. The van der Waals surface area contributed by atoms with Crippen molar-refractivity contribution in [1.29, 1.82) is 0 Å². The lowest BCUT2D eigenvalue weighted by Gasteiger charge is -2.14. The molecular weight excluding hydrogens is 384 g/mol. The Morgan fingerprint density at radius 2 is 1.84 bits per heavy atom. The molecule has 0 radical (unpaired) electrons. The van der Waals surface area contributed by atoms with Gasteiger partial charge in [-0.2, -0.15) is 11.8 Å². The van der Waals surface area contributed by atoms with Gasteiger partial charge in [0.15, 0.2) is 6.10 Å². The van der Waals surface area contributed by atoms with Crippen molar-refractivity contribution >= 4 is 40.9 Å². The van der Waals surface area contributed by atoms with Gasteiger partial charge in [0.2, 0.25) is 0 Å². The molecule has 2 aromatic rings. The lowest BCUT2D eigenvalue weighted by Crippen LogP contribution is -2.37. The zero-order chi connectivity index (χ0) is 18.2. The first-order chi connectivity index (χ1) is 12.0. The van der Waals surface area contributed by atoms with E-state index in [4.69, 9.17) is 27.9 Å². The molecule has 0 aliphatic carbocycles. The highest BCUT2D eigenvalue weighted by Gasteiger charge is 2.14. The summed E-state index contributed by atoms with van der Waals surface area (Å²) in [7, 11) is 0. The Labute approximate surface area is 160 Å². The van der Waals surface area contributed by atoms with Gasteiger partial charge in [-0.05, 0) is 48.9 Å². The fraction of sp³-hybridized carbons (Fsp3) is 0.278. The number of thioether (sulfide) groups is 1. The van der Waals surface area contributed by atoms with Crippen LogP contribution < -0.4 is 10.1 Å². The molecule has 0 spiro atoms. The summed E-state index contributed by atoms with van der Waals surface area (Å²) in [5.74, 6) is 1.28. The quantitative estimate of drug-likeness (QED) is 0.635. The third-order valence-corrected chi connectivity index (χ3v) is 5.04. The Kier molecular flexibility index (Phi) is 7.88. The maximum absolute atomic E-state index is 12.8. The fourth-order valence-corrected chi connectivity index (χ4v) is 3.60. The van der Waals surface area contributed by atoms with Gasteiger partial charge in [-0.15, -0.1) is 0 Å². The monoisotopic (exact) mass is 401 g/mol. The summed E-state index contributed by atoms with van der Waals surface area (Å²) >= 11 is 13.9. The van der Waals surface area contributed by atoms with Crippen LogP contribution in [0.4, 0.5) is 4.39 Å². The molecule has 0 aliphatic heterocycles. The number of amides is 1. The second kappa shape index (κ2) is 9.90. The van der Waals surface area contributed by atoms with Crippen LogP contribution in [0.15, 0.2) is 42.5 Å². The summed E-state index contributed by atoms with van der Waals surface area (Å²) in [5, 5.41) is 4.09. The highest BCUT2D eigenvalue weighted by Crippen LogP contribution is 2.27. The zero-order valence-corrected chi connectivity index (χ0v) is 15.9. The Bertz CT molecular complexity index is 692. The van der Waals surface area contributed by atoms with E-state index in [1.807, 2.05) is 6.07 Å². The molecule has 0 saturated carbocycles. The molecule has 0 aromatic heterocycles. The zero-order valence-electron chi connectivity index (χ0n) is 13.6. The van der Waals surface area contributed by atoms with Crippen molar-refractivity contribution in [2.75, 3.05) is 12.3 Å². The van der Waals surface area contributed by atoms with Gasteiger partial charge in [0.1, 0.15) is 11.6 Å². The molecule has 134 valence electrons. The van der Waals surface area contributed by atoms with Crippen LogP contribution in [0.2, 0.25) is 10.0 Å². The van der Waals surface area contributed by atoms with Gasteiger partial charge in [-0.1, -0.05) is 29.3 Å². The molecule has 3 nitrogen and oxygen atoms in total. The molecule has 0 saturated heterocycles. The Morgan fingerprint density at radius 3 is 2.48 bits per heavy atom. The second-order valence-corrected chi connectivity index (χ2v) is 7.18. The van der Waals surface area contributed by atoms with Crippen molar-refractivity contribution in [1.82, 2.24) is 5.32 Å². The third-order valence-electron chi connectivity index (χ3n) is 3.35. The van der Waals surface area contributed by atoms with E-state index in [0.717, 1.165) is 11.3 Å². The predicted molar refractivity (Wildman–Crippen MR) is 102 cm³/mol. The summed E-state index contributed by atoms with van der Waals surface area (Å²) in [4.78, 5) is 12.0. The molecule has 0 aliphatic rings. The highest BCUT2D eigenvalue weighted by atomic mass is 35.5. The molecular formula is C18H18Cl2FNO2S. The topological polar surface area (TPSA) is 38.3 Å². The number of hydrogen-bond acceptors (Lipinski definition) is 3. The van der Waals surface area contributed by atoms with Crippen molar-refractivity contribution < 1.29 is 13.9 Å². The van der Waals surface area contributed by atoms with E-state index in [1.165, 1.54) is 24.3 Å². The molecule has 1 N–H and O–H groups in total. The van der Waals surface area contributed by atoms with Crippen LogP contribution in [0.3, 0.4) is 0 Å². The van der Waals surface area contributed by atoms with Crippen LogP contribution in [0.5, 0.6) is 5.75 Å². The minimum absolute atomic E-state index is 0.222. The molecule has 7 heteroatoms. The minimum atomic E-state index is -0.659. The Balaban J connectivity index is 1.68. The van der Waals surface area contributed by atoms with Gasteiger partial charge in [0, 0.05) is 28.1 Å². The van der Waals surface area contributed by atoms with Gasteiger partial charge in [0.25, 0.3) is 5.91 Å². The van der Waals surface area contributed by atoms with Crippen LogP contribution in [-0.2, 0) is 10.5 Å². The molecule has 0 fully saturated rings. The maximum atomic E-state index is 12.8. The standard InChI is InChI=1S/C18H18Cl2FNO2S/c1-12(24-14-7-5-13(21)6-8-14)18(23)22-9-10-25-11-15-16(19)3-2-4-17(15)20/h2-8,12H,9-11H2,1H3,(H,22,23). The van der Waals surface area contributed by atoms with Crippen molar-refractivity contribution in [2.24, 2.45) is 0 Å². The molecule has 1 unspecified atom stereocenters.